The molecule has 2 aliphatic heterocycles. The summed E-state index contributed by atoms with van der Waals surface area (Å²) in [6, 6.07) is 10.3. The Bertz CT molecular complexity index is 1100. The normalized spacial score (nSPS) is 27.6. The Labute approximate surface area is 209 Å². The summed E-state index contributed by atoms with van der Waals surface area (Å²) in [6.07, 6.45) is -4.42. The van der Waals surface area contributed by atoms with E-state index in [-0.39, 0.29) is 12.2 Å². The number of carbonyl (C=O) groups is 1. The van der Waals surface area contributed by atoms with E-state index in [1.54, 1.807) is 37.4 Å². The van der Waals surface area contributed by atoms with Crippen LogP contribution in [-0.2, 0) is 11.2 Å². The van der Waals surface area contributed by atoms with E-state index in [0.717, 1.165) is 11.1 Å². The van der Waals surface area contributed by atoms with Crippen molar-refractivity contribution in [3.05, 3.63) is 64.7 Å². The number of aliphatic hydroxyl groups is 4. The van der Waals surface area contributed by atoms with Gasteiger partial charge in [-0.3, -0.25) is 4.79 Å². The lowest BCUT2D eigenvalue weighted by molar-refractivity contribution is -0.277. The van der Waals surface area contributed by atoms with Crippen LogP contribution in [0.25, 0.3) is 0 Å². The van der Waals surface area contributed by atoms with Gasteiger partial charge >= 0.3 is 0 Å². The van der Waals surface area contributed by atoms with Gasteiger partial charge in [0.1, 0.15) is 47.8 Å². The Morgan fingerprint density at radius 1 is 1.08 bits per heavy atom. The molecule has 0 saturated carbocycles. The molecule has 1 saturated heterocycles. The van der Waals surface area contributed by atoms with Crippen LogP contribution >= 0.6 is 0 Å². The fourth-order valence-corrected chi connectivity index (χ4v) is 4.30. The molecule has 0 radical (unpaired) electrons. The first-order valence-corrected chi connectivity index (χ1v) is 11.8. The van der Waals surface area contributed by atoms with Crippen molar-refractivity contribution in [2.45, 2.75) is 63.5 Å². The number of Topliss-reactive ketones (excluding diaryl/α,β-unsaturated/α-hetero) is 1. The second-order valence-electron chi connectivity index (χ2n) is 9.26. The lowest BCUT2D eigenvalue weighted by Gasteiger charge is -2.39. The van der Waals surface area contributed by atoms with Crippen LogP contribution in [0.2, 0.25) is 0 Å². The van der Waals surface area contributed by atoms with E-state index in [9.17, 15) is 25.2 Å². The van der Waals surface area contributed by atoms with Crippen LogP contribution in [0, 0.1) is 0 Å². The van der Waals surface area contributed by atoms with Crippen molar-refractivity contribution in [3.63, 3.8) is 0 Å². The first kappa shape index (κ1) is 26.1. The van der Waals surface area contributed by atoms with Gasteiger partial charge in [0, 0.05) is 6.07 Å². The number of benzene rings is 2. The number of aliphatic hydroxyl groups excluding tert-OH is 4. The van der Waals surface area contributed by atoms with Gasteiger partial charge in [0.15, 0.2) is 5.78 Å². The fraction of sp³-hybridized carbons (Fsp3) is 0.444. The van der Waals surface area contributed by atoms with E-state index in [1.807, 2.05) is 19.9 Å². The average Bonchev–Trinajstić information content (AvgIpc) is 2.87. The summed E-state index contributed by atoms with van der Waals surface area (Å²) in [5.41, 5.74) is 3.38. The van der Waals surface area contributed by atoms with Crippen LogP contribution in [0.5, 0.6) is 17.2 Å². The topological polar surface area (TPSA) is 135 Å². The summed E-state index contributed by atoms with van der Waals surface area (Å²) >= 11 is 0. The largest absolute Gasteiger partial charge is 0.496 e. The summed E-state index contributed by atoms with van der Waals surface area (Å²) in [5, 5.41) is 39.4. The van der Waals surface area contributed by atoms with Crippen molar-refractivity contribution in [1.82, 2.24) is 0 Å². The molecule has 0 bridgehead atoms. The molecule has 2 aromatic carbocycles. The molecule has 4 rings (SSSR count). The molecule has 2 aromatic rings. The van der Waals surface area contributed by atoms with Gasteiger partial charge in [-0.1, -0.05) is 23.8 Å². The Balaban J connectivity index is 1.48. The van der Waals surface area contributed by atoms with Crippen LogP contribution in [-0.4, -0.2) is 70.6 Å². The first-order chi connectivity index (χ1) is 17.2. The maximum atomic E-state index is 13.0. The van der Waals surface area contributed by atoms with E-state index in [2.05, 4.69) is 6.08 Å². The Hall–Kier alpha value is -2.95. The number of carbonyl (C=O) groups excluding carboxylic acids is 1. The van der Waals surface area contributed by atoms with E-state index in [0.29, 0.717) is 29.2 Å². The molecule has 0 aromatic heterocycles. The third-order valence-electron chi connectivity index (χ3n) is 6.41. The zero-order valence-corrected chi connectivity index (χ0v) is 20.5. The smallest absolute Gasteiger partial charge is 0.229 e. The van der Waals surface area contributed by atoms with E-state index in [4.69, 9.17) is 18.9 Å². The average molecular weight is 501 g/mol. The summed E-state index contributed by atoms with van der Waals surface area (Å²) in [4.78, 5) is 13.0. The number of ketones is 1. The van der Waals surface area contributed by atoms with Crippen LogP contribution in [0.4, 0.5) is 0 Å². The van der Waals surface area contributed by atoms with E-state index in [1.165, 1.54) is 5.57 Å². The zero-order valence-electron chi connectivity index (χ0n) is 20.5. The maximum Gasteiger partial charge on any atom is 0.229 e. The summed E-state index contributed by atoms with van der Waals surface area (Å²) < 4.78 is 22.7. The number of ether oxygens (including phenoxy) is 4. The monoisotopic (exact) mass is 500 g/mol. The molecule has 0 aliphatic carbocycles. The highest BCUT2D eigenvalue weighted by atomic mass is 16.7. The van der Waals surface area contributed by atoms with Crippen molar-refractivity contribution in [1.29, 1.82) is 0 Å². The van der Waals surface area contributed by atoms with Crippen LogP contribution in [0.1, 0.15) is 47.9 Å². The molecule has 4 N–H and O–H groups in total. The summed E-state index contributed by atoms with van der Waals surface area (Å²) in [7, 11) is 1.59. The van der Waals surface area contributed by atoms with Crippen LogP contribution in [0.15, 0.2) is 48.0 Å². The highest BCUT2D eigenvalue weighted by Gasteiger charge is 2.44. The number of rotatable bonds is 7. The molecular weight excluding hydrogens is 468 g/mol. The standard InChI is InChI=1S/C27H32O9/c1-14(2)4-5-16-10-18-19(29)11-21(35-22(18)12-20(16)33-3)15-6-8-17(9-7-15)34-27-26(32)25(31)24(30)23(13-28)36-27/h4,6-10,12,21,23-28,30-32H,5,11,13H2,1-3H3/t21-,23+,24+,25-,26+,27?/m0/s1. The molecule has 2 aliphatic rings. The molecule has 36 heavy (non-hydrogen) atoms. The van der Waals surface area contributed by atoms with Crippen LogP contribution < -0.4 is 14.2 Å². The number of allylic oxidation sites excluding steroid dienone is 2. The van der Waals surface area contributed by atoms with Gasteiger partial charge in [-0.15, -0.1) is 0 Å². The number of hydrogen-bond donors (Lipinski definition) is 4. The molecule has 6 atom stereocenters. The summed E-state index contributed by atoms with van der Waals surface area (Å²) in [5.74, 6) is 1.43. The lowest BCUT2D eigenvalue weighted by Crippen LogP contribution is -2.60. The molecule has 1 fully saturated rings. The minimum absolute atomic E-state index is 0.0241. The second kappa shape index (κ2) is 11.0. The highest BCUT2D eigenvalue weighted by molar-refractivity contribution is 6.00. The number of methoxy groups -OCH3 is 1. The van der Waals surface area contributed by atoms with Crippen molar-refractivity contribution in [2.75, 3.05) is 13.7 Å². The SMILES string of the molecule is COc1cc2c(cc1CC=C(C)C)C(=O)C[C@@H](c1ccc(OC3O[C@H](CO)[C@@H](O)[C@H](O)[C@H]3O)cc1)O2. The maximum absolute atomic E-state index is 13.0. The Morgan fingerprint density at radius 3 is 2.44 bits per heavy atom. The van der Waals surface area contributed by atoms with Gasteiger partial charge in [0.05, 0.1) is 25.7 Å². The van der Waals surface area contributed by atoms with E-state index < -0.39 is 43.4 Å². The van der Waals surface area contributed by atoms with Gasteiger partial charge in [-0.2, -0.15) is 0 Å². The van der Waals surface area contributed by atoms with Gasteiger partial charge in [-0.25, -0.2) is 0 Å². The number of fused-ring (bicyclic) bond motifs is 1. The van der Waals surface area contributed by atoms with Crippen LogP contribution in [0.3, 0.4) is 0 Å². The quantitative estimate of drug-likeness (QED) is 0.422. The van der Waals surface area contributed by atoms with Gasteiger partial charge in [-0.05, 0) is 49.6 Å². The third kappa shape index (κ3) is 5.40. The van der Waals surface area contributed by atoms with Gasteiger partial charge in [0.25, 0.3) is 0 Å². The molecule has 9 heteroatoms. The Morgan fingerprint density at radius 2 is 1.81 bits per heavy atom. The number of hydrogen-bond acceptors (Lipinski definition) is 9. The zero-order chi connectivity index (χ0) is 26.0. The Kier molecular flexibility index (Phi) is 7.97. The molecule has 1 unspecified atom stereocenters. The van der Waals surface area contributed by atoms with Crippen molar-refractivity contribution in [3.8, 4) is 17.2 Å². The van der Waals surface area contributed by atoms with E-state index >= 15 is 0 Å². The predicted octanol–water partition coefficient (Wildman–Crippen LogP) is 2.09. The highest BCUT2D eigenvalue weighted by Crippen LogP contribution is 2.39. The second-order valence-corrected chi connectivity index (χ2v) is 9.26. The molecule has 194 valence electrons. The van der Waals surface area contributed by atoms with Crippen molar-refractivity contribution in [2.24, 2.45) is 0 Å². The molecular formula is C27H32O9. The first-order valence-electron chi connectivity index (χ1n) is 11.8. The minimum atomic E-state index is -1.53. The molecule has 0 amide bonds. The van der Waals surface area contributed by atoms with Crippen molar-refractivity contribution >= 4 is 5.78 Å². The lowest BCUT2D eigenvalue weighted by atomic mass is 9.94. The third-order valence-corrected chi connectivity index (χ3v) is 6.41. The molecule has 2 heterocycles. The summed E-state index contributed by atoms with van der Waals surface area (Å²) in [6.45, 7) is 3.49. The molecule has 0 spiro atoms. The fourth-order valence-electron chi connectivity index (χ4n) is 4.30. The van der Waals surface area contributed by atoms with Gasteiger partial charge in [0.2, 0.25) is 6.29 Å². The minimum Gasteiger partial charge on any atom is -0.496 e. The van der Waals surface area contributed by atoms with Crippen molar-refractivity contribution < 1.29 is 44.2 Å². The molecule has 9 nitrogen and oxygen atoms in total. The predicted molar refractivity (Wildman–Crippen MR) is 129 cm³/mol. The van der Waals surface area contributed by atoms with Gasteiger partial charge < -0.3 is 39.4 Å².